The van der Waals surface area contributed by atoms with Gasteiger partial charge in [-0.2, -0.15) is 11.3 Å². The second-order valence-corrected chi connectivity index (χ2v) is 7.62. The summed E-state index contributed by atoms with van der Waals surface area (Å²) in [5.74, 6) is -0.115. The van der Waals surface area contributed by atoms with Crippen LogP contribution in [0.1, 0.15) is 48.7 Å². The van der Waals surface area contributed by atoms with Crippen molar-refractivity contribution in [1.29, 1.82) is 0 Å². The fourth-order valence-corrected chi connectivity index (χ4v) is 3.99. The molecule has 0 bridgehead atoms. The largest absolute Gasteiger partial charge is 0.354 e. The van der Waals surface area contributed by atoms with Crippen LogP contribution in [0.3, 0.4) is 0 Å². The minimum absolute atomic E-state index is 0.0195. The molecule has 0 saturated carbocycles. The highest BCUT2D eigenvalue weighted by Crippen LogP contribution is 2.26. The number of carbonyl (C=O) groups is 2. The monoisotopic (exact) mass is 421 g/mol. The zero-order valence-electron chi connectivity index (χ0n) is 16.4. The third-order valence-electron chi connectivity index (χ3n) is 4.66. The number of halogens is 1. The number of benzene rings is 1. The minimum Gasteiger partial charge on any atom is -0.354 e. The lowest BCUT2D eigenvalue weighted by atomic mass is 10.0. The van der Waals surface area contributed by atoms with Gasteiger partial charge in [-0.25, -0.2) is 0 Å². The number of likely N-dealkylation sites (N-methyl/N-ethyl adjacent to an activating group) is 1. The summed E-state index contributed by atoms with van der Waals surface area (Å²) >= 11 is 7.88. The zero-order chi connectivity index (χ0) is 20.4. The number of amides is 2. The maximum absolute atomic E-state index is 12.3. The standard InChI is InChI=1S/C21H28ClN3O2S/c1-3-25(4-2)19(17-8-5-6-9-18(17)22)14-24-20(26)10-7-12-23-21(27)16-11-13-28-15-16/h5-6,8-9,11,13,15,19H,3-4,7,10,12,14H2,1-2H3,(H,23,27)(H,24,26)/t19-/m1/s1. The summed E-state index contributed by atoms with van der Waals surface area (Å²) in [6, 6.07) is 9.59. The summed E-state index contributed by atoms with van der Waals surface area (Å²) in [6.45, 7) is 6.93. The third kappa shape index (κ3) is 6.62. The molecule has 2 N–H and O–H groups in total. The summed E-state index contributed by atoms with van der Waals surface area (Å²) in [7, 11) is 0. The molecule has 0 aliphatic rings. The smallest absolute Gasteiger partial charge is 0.252 e. The van der Waals surface area contributed by atoms with E-state index in [9.17, 15) is 9.59 Å². The predicted octanol–water partition coefficient (Wildman–Crippen LogP) is 4.11. The first-order valence-electron chi connectivity index (χ1n) is 9.62. The van der Waals surface area contributed by atoms with Crippen molar-refractivity contribution in [1.82, 2.24) is 15.5 Å². The van der Waals surface area contributed by atoms with Gasteiger partial charge in [-0.1, -0.05) is 43.6 Å². The first-order valence-corrected chi connectivity index (χ1v) is 10.9. The van der Waals surface area contributed by atoms with E-state index in [4.69, 9.17) is 11.6 Å². The molecular weight excluding hydrogens is 394 g/mol. The van der Waals surface area contributed by atoms with Crippen LogP contribution < -0.4 is 10.6 Å². The van der Waals surface area contributed by atoms with Crippen LogP contribution in [0.2, 0.25) is 5.02 Å². The molecule has 7 heteroatoms. The van der Waals surface area contributed by atoms with Crippen molar-refractivity contribution in [3.8, 4) is 0 Å². The van der Waals surface area contributed by atoms with E-state index in [1.807, 2.05) is 35.0 Å². The number of hydrogen-bond donors (Lipinski definition) is 2. The Hall–Kier alpha value is -1.89. The van der Waals surface area contributed by atoms with Crippen molar-refractivity contribution in [2.24, 2.45) is 0 Å². The average molecular weight is 422 g/mol. The van der Waals surface area contributed by atoms with E-state index >= 15 is 0 Å². The van der Waals surface area contributed by atoms with Gasteiger partial charge in [0.25, 0.3) is 5.91 Å². The van der Waals surface area contributed by atoms with Crippen LogP contribution >= 0.6 is 22.9 Å². The van der Waals surface area contributed by atoms with Gasteiger partial charge in [0.2, 0.25) is 5.91 Å². The Labute approximate surface area is 176 Å². The molecule has 0 unspecified atom stereocenters. The van der Waals surface area contributed by atoms with E-state index < -0.39 is 0 Å². The quantitative estimate of drug-likeness (QED) is 0.536. The predicted molar refractivity (Wildman–Crippen MR) is 116 cm³/mol. The summed E-state index contributed by atoms with van der Waals surface area (Å²) in [5, 5.41) is 10.3. The van der Waals surface area contributed by atoms with Crippen molar-refractivity contribution in [3.05, 3.63) is 57.2 Å². The van der Waals surface area contributed by atoms with Crippen LogP contribution in [0, 0.1) is 0 Å². The Morgan fingerprint density at radius 1 is 1.14 bits per heavy atom. The molecule has 0 aliphatic heterocycles. The normalized spacial score (nSPS) is 12.0. The van der Waals surface area contributed by atoms with E-state index in [1.54, 1.807) is 6.07 Å². The topological polar surface area (TPSA) is 61.4 Å². The Morgan fingerprint density at radius 2 is 1.89 bits per heavy atom. The van der Waals surface area contributed by atoms with Crippen LogP contribution in [0.4, 0.5) is 0 Å². The molecule has 0 spiro atoms. The Kier molecular flexibility index (Phi) is 9.47. The molecule has 0 saturated heterocycles. The van der Waals surface area contributed by atoms with Gasteiger partial charge in [-0.15, -0.1) is 0 Å². The molecule has 0 aliphatic carbocycles. The summed E-state index contributed by atoms with van der Waals surface area (Å²) in [4.78, 5) is 26.4. The molecule has 0 fully saturated rings. The van der Waals surface area contributed by atoms with Gasteiger partial charge in [-0.05, 0) is 42.6 Å². The molecule has 5 nitrogen and oxygen atoms in total. The number of carbonyl (C=O) groups excluding carboxylic acids is 2. The van der Waals surface area contributed by atoms with Crippen molar-refractivity contribution in [2.45, 2.75) is 32.7 Å². The van der Waals surface area contributed by atoms with Gasteiger partial charge in [0.15, 0.2) is 0 Å². The summed E-state index contributed by atoms with van der Waals surface area (Å²) < 4.78 is 0. The van der Waals surface area contributed by atoms with Crippen LogP contribution in [-0.2, 0) is 4.79 Å². The number of rotatable bonds is 11. The lowest BCUT2D eigenvalue weighted by Crippen LogP contribution is -2.38. The number of hydrogen-bond acceptors (Lipinski definition) is 4. The zero-order valence-corrected chi connectivity index (χ0v) is 18.0. The molecule has 0 radical (unpaired) electrons. The van der Waals surface area contributed by atoms with E-state index in [0.29, 0.717) is 36.5 Å². The van der Waals surface area contributed by atoms with E-state index in [0.717, 1.165) is 18.7 Å². The van der Waals surface area contributed by atoms with Crippen molar-refractivity contribution >= 4 is 34.8 Å². The molecule has 1 aromatic heterocycles. The molecule has 2 aromatic rings. The van der Waals surface area contributed by atoms with Gasteiger partial charge >= 0.3 is 0 Å². The van der Waals surface area contributed by atoms with Crippen LogP contribution in [0.5, 0.6) is 0 Å². The van der Waals surface area contributed by atoms with Gasteiger partial charge in [-0.3, -0.25) is 14.5 Å². The van der Waals surface area contributed by atoms with E-state index in [1.165, 1.54) is 11.3 Å². The van der Waals surface area contributed by atoms with Crippen LogP contribution in [0.25, 0.3) is 0 Å². The molecule has 28 heavy (non-hydrogen) atoms. The van der Waals surface area contributed by atoms with Crippen LogP contribution in [-0.4, -0.2) is 42.9 Å². The lowest BCUT2D eigenvalue weighted by Gasteiger charge is -2.31. The molecule has 1 atom stereocenters. The van der Waals surface area contributed by atoms with Gasteiger partial charge in [0.1, 0.15) is 0 Å². The molecular formula is C21H28ClN3O2S. The molecule has 2 amide bonds. The average Bonchev–Trinajstić information content (AvgIpc) is 3.24. The molecule has 1 heterocycles. The Morgan fingerprint density at radius 3 is 2.54 bits per heavy atom. The van der Waals surface area contributed by atoms with Gasteiger partial charge in [0.05, 0.1) is 6.04 Å². The first kappa shape index (κ1) is 22.4. The third-order valence-corrected chi connectivity index (χ3v) is 5.69. The molecule has 152 valence electrons. The highest BCUT2D eigenvalue weighted by Gasteiger charge is 2.20. The minimum atomic E-state index is -0.0954. The summed E-state index contributed by atoms with van der Waals surface area (Å²) in [6.07, 6.45) is 0.973. The second kappa shape index (κ2) is 11.8. The highest BCUT2D eigenvalue weighted by atomic mass is 35.5. The molecule has 1 aromatic carbocycles. The van der Waals surface area contributed by atoms with Crippen molar-refractivity contribution in [3.63, 3.8) is 0 Å². The second-order valence-electron chi connectivity index (χ2n) is 6.43. The Balaban J connectivity index is 1.81. The van der Waals surface area contributed by atoms with Crippen molar-refractivity contribution < 1.29 is 9.59 Å². The van der Waals surface area contributed by atoms with Gasteiger partial charge < -0.3 is 10.6 Å². The lowest BCUT2D eigenvalue weighted by molar-refractivity contribution is -0.121. The first-order chi connectivity index (χ1) is 13.6. The maximum atomic E-state index is 12.3. The Bertz CT molecular complexity index is 748. The van der Waals surface area contributed by atoms with Crippen LogP contribution in [0.15, 0.2) is 41.1 Å². The summed E-state index contributed by atoms with van der Waals surface area (Å²) in [5.41, 5.74) is 1.69. The number of thiophene rings is 1. The molecule has 2 rings (SSSR count). The number of nitrogens with one attached hydrogen (secondary N) is 2. The number of nitrogens with zero attached hydrogens (tertiary/aromatic N) is 1. The SMILES string of the molecule is CCN(CC)[C@H](CNC(=O)CCCNC(=O)c1ccsc1)c1ccccc1Cl. The van der Waals surface area contributed by atoms with E-state index in [2.05, 4.69) is 29.4 Å². The van der Waals surface area contributed by atoms with Gasteiger partial charge in [0, 0.05) is 35.5 Å². The maximum Gasteiger partial charge on any atom is 0.252 e. The van der Waals surface area contributed by atoms with E-state index in [-0.39, 0.29) is 17.9 Å². The van der Waals surface area contributed by atoms with Crippen molar-refractivity contribution in [2.75, 3.05) is 26.2 Å². The highest BCUT2D eigenvalue weighted by molar-refractivity contribution is 7.08. The fourth-order valence-electron chi connectivity index (χ4n) is 3.09. The fraction of sp³-hybridized carbons (Fsp3) is 0.429.